The van der Waals surface area contributed by atoms with Crippen LogP contribution in [-0.4, -0.2) is 53.8 Å². The van der Waals surface area contributed by atoms with Crippen molar-refractivity contribution in [1.29, 1.82) is 0 Å². The molecule has 3 N–H and O–H groups in total. The Morgan fingerprint density at radius 3 is 2.44 bits per heavy atom. The molecule has 0 saturated carbocycles. The molecule has 98 valence electrons. The van der Waals surface area contributed by atoms with Crippen molar-refractivity contribution in [2.45, 2.75) is 5.60 Å². The van der Waals surface area contributed by atoms with Gasteiger partial charge in [-0.3, -0.25) is 4.90 Å². The second-order valence-electron chi connectivity index (χ2n) is 4.56. The molecule has 1 aromatic rings. The fraction of sp³-hybridized carbons (Fsp3) is 0.462. The number of hydrogen-bond acceptors (Lipinski definition) is 4. The van der Waals surface area contributed by atoms with Crippen LogP contribution in [0.1, 0.15) is 5.56 Å². The molecule has 0 aliphatic carbocycles. The van der Waals surface area contributed by atoms with Gasteiger partial charge in [-0.05, 0) is 5.56 Å². The van der Waals surface area contributed by atoms with Crippen LogP contribution in [0.4, 0.5) is 0 Å². The van der Waals surface area contributed by atoms with Crippen LogP contribution >= 0.6 is 0 Å². The Labute approximate surface area is 106 Å². The average Bonchev–Trinajstić information content (AvgIpc) is 2.40. The zero-order valence-electron chi connectivity index (χ0n) is 10.2. The number of carboxylic acids is 1. The number of nitrogens with zero attached hydrogens (tertiary/aromatic N) is 1. The van der Waals surface area contributed by atoms with E-state index in [1.54, 1.807) is 30.3 Å². The van der Waals surface area contributed by atoms with E-state index in [0.717, 1.165) is 26.2 Å². The van der Waals surface area contributed by atoms with Gasteiger partial charge in [0.2, 0.25) is 0 Å². The minimum Gasteiger partial charge on any atom is -0.479 e. The van der Waals surface area contributed by atoms with Gasteiger partial charge in [-0.1, -0.05) is 30.3 Å². The number of aliphatic hydroxyl groups is 1. The SMILES string of the molecule is O=C(O)C(O)(CN1CCNCC1)c1ccccc1. The molecule has 1 fully saturated rings. The van der Waals surface area contributed by atoms with Crippen molar-refractivity contribution in [3.8, 4) is 0 Å². The highest BCUT2D eigenvalue weighted by atomic mass is 16.4. The van der Waals surface area contributed by atoms with Crippen LogP contribution < -0.4 is 5.32 Å². The van der Waals surface area contributed by atoms with Gasteiger partial charge in [0.05, 0.1) is 0 Å². The van der Waals surface area contributed by atoms with E-state index in [1.165, 1.54) is 0 Å². The molecule has 1 unspecified atom stereocenters. The van der Waals surface area contributed by atoms with Crippen molar-refractivity contribution in [3.05, 3.63) is 35.9 Å². The van der Waals surface area contributed by atoms with Gasteiger partial charge in [0, 0.05) is 32.7 Å². The Kier molecular flexibility index (Phi) is 3.96. The number of benzene rings is 1. The lowest BCUT2D eigenvalue weighted by Gasteiger charge is -2.34. The molecule has 5 heteroatoms. The summed E-state index contributed by atoms with van der Waals surface area (Å²) in [6, 6.07) is 8.57. The summed E-state index contributed by atoms with van der Waals surface area (Å²) in [6.45, 7) is 3.27. The monoisotopic (exact) mass is 250 g/mol. The Morgan fingerprint density at radius 2 is 1.89 bits per heavy atom. The molecule has 0 aromatic heterocycles. The van der Waals surface area contributed by atoms with Crippen LogP contribution in [0.3, 0.4) is 0 Å². The number of carboxylic acid groups (broad SMARTS) is 1. The predicted molar refractivity (Wildman–Crippen MR) is 67.3 cm³/mol. The summed E-state index contributed by atoms with van der Waals surface area (Å²) in [5, 5.41) is 23.0. The Hall–Kier alpha value is -1.43. The molecule has 0 spiro atoms. The number of rotatable bonds is 4. The molecule has 1 aromatic carbocycles. The largest absolute Gasteiger partial charge is 0.479 e. The van der Waals surface area contributed by atoms with Crippen molar-refractivity contribution >= 4 is 5.97 Å². The third kappa shape index (κ3) is 2.69. The molecule has 1 heterocycles. The Morgan fingerprint density at radius 1 is 1.28 bits per heavy atom. The van der Waals surface area contributed by atoms with E-state index in [2.05, 4.69) is 5.32 Å². The standard InChI is InChI=1S/C13H18N2O3/c16-12(17)13(18,11-4-2-1-3-5-11)10-15-8-6-14-7-9-15/h1-5,14,18H,6-10H2,(H,16,17). The van der Waals surface area contributed by atoms with Crippen molar-refractivity contribution in [2.24, 2.45) is 0 Å². The summed E-state index contributed by atoms with van der Waals surface area (Å²) < 4.78 is 0. The first-order valence-electron chi connectivity index (χ1n) is 6.07. The third-order valence-corrected chi connectivity index (χ3v) is 3.27. The summed E-state index contributed by atoms with van der Waals surface area (Å²) in [6.07, 6.45) is 0. The lowest BCUT2D eigenvalue weighted by molar-refractivity contribution is -0.162. The summed E-state index contributed by atoms with van der Waals surface area (Å²) >= 11 is 0. The first-order chi connectivity index (χ1) is 8.63. The minimum absolute atomic E-state index is 0.119. The number of piperazine rings is 1. The molecule has 0 bridgehead atoms. The van der Waals surface area contributed by atoms with E-state index in [0.29, 0.717) is 5.56 Å². The fourth-order valence-corrected chi connectivity index (χ4v) is 2.19. The van der Waals surface area contributed by atoms with Crippen LogP contribution in [0, 0.1) is 0 Å². The second kappa shape index (κ2) is 5.48. The van der Waals surface area contributed by atoms with Gasteiger partial charge in [-0.15, -0.1) is 0 Å². The summed E-state index contributed by atoms with van der Waals surface area (Å²) in [5.74, 6) is -1.20. The maximum absolute atomic E-state index is 11.4. The van der Waals surface area contributed by atoms with Gasteiger partial charge in [-0.25, -0.2) is 4.79 Å². The van der Waals surface area contributed by atoms with E-state index in [4.69, 9.17) is 0 Å². The van der Waals surface area contributed by atoms with Gasteiger partial charge in [0.15, 0.2) is 5.60 Å². The van der Waals surface area contributed by atoms with Crippen molar-refractivity contribution in [3.63, 3.8) is 0 Å². The topological polar surface area (TPSA) is 72.8 Å². The van der Waals surface area contributed by atoms with Crippen LogP contribution in [-0.2, 0) is 10.4 Å². The molecular formula is C13H18N2O3. The number of carbonyl (C=O) groups is 1. The smallest absolute Gasteiger partial charge is 0.341 e. The van der Waals surface area contributed by atoms with E-state index in [-0.39, 0.29) is 6.54 Å². The normalized spacial score (nSPS) is 20.3. The summed E-state index contributed by atoms with van der Waals surface area (Å²) in [5.41, 5.74) is -1.41. The fourth-order valence-electron chi connectivity index (χ4n) is 2.19. The van der Waals surface area contributed by atoms with Crippen LogP contribution in [0.2, 0.25) is 0 Å². The summed E-state index contributed by atoms with van der Waals surface area (Å²) in [4.78, 5) is 13.4. The van der Waals surface area contributed by atoms with Gasteiger partial charge < -0.3 is 15.5 Å². The molecule has 1 saturated heterocycles. The van der Waals surface area contributed by atoms with Gasteiger partial charge >= 0.3 is 5.97 Å². The highest BCUT2D eigenvalue weighted by Gasteiger charge is 2.39. The van der Waals surface area contributed by atoms with Crippen LogP contribution in [0.5, 0.6) is 0 Å². The number of nitrogens with one attached hydrogen (secondary N) is 1. The van der Waals surface area contributed by atoms with Crippen LogP contribution in [0.25, 0.3) is 0 Å². The molecule has 2 rings (SSSR count). The van der Waals surface area contributed by atoms with Gasteiger partial charge in [0.1, 0.15) is 0 Å². The maximum atomic E-state index is 11.4. The molecule has 0 amide bonds. The highest BCUT2D eigenvalue weighted by molar-refractivity contribution is 5.79. The molecular weight excluding hydrogens is 232 g/mol. The zero-order valence-corrected chi connectivity index (χ0v) is 10.2. The first kappa shape index (κ1) is 13.0. The average molecular weight is 250 g/mol. The van der Waals surface area contributed by atoms with Crippen molar-refractivity contribution in [2.75, 3.05) is 32.7 Å². The van der Waals surface area contributed by atoms with E-state index >= 15 is 0 Å². The lowest BCUT2D eigenvalue weighted by Crippen LogP contribution is -2.52. The molecule has 1 aliphatic rings. The molecule has 0 radical (unpaired) electrons. The van der Waals surface area contributed by atoms with Crippen molar-refractivity contribution < 1.29 is 15.0 Å². The lowest BCUT2D eigenvalue weighted by atomic mass is 9.93. The molecule has 1 atom stereocenters. The minimum atomic E-state index is -1.83. The number of aliphatic carboxylic acids is 1. The van der Waals surface area contributed by atoms with E-state index < -0.39 is 11.6 Å². The molecule has 18 heavy (non-hydrogen) atoms. The van der Waals surface area contributed by atoms with Gasteiger partial charge in [-0.2, -0.15) is 0 Å². The number of hydrogen-bond donors (Lipinski definition) is 3. The zero-order chi connectivity index (χ0) is 13.0. The molecule has 1 aliphatic heterocycles. The van der Waals surface area contributed by atoms with E-state index in [9.17, 15) is 15.0 Å². The van der Waals surface area contributed by atoms with Crippen LogP contribution in [0.15, 0.2) is 30.3 Å². The third-order valence-electron chi connectivity index (χ3n) is 3.27. The highest BCUT2D eigenvalue weighted by Crippen LogP contribution is 2.23. The summed E-state index contributed by atoms with van der Waals surface area (Å²) in [7, 11) is 0. The molecule has 5 nitrogen and oxygen atoms in total. The Bertz CT molecular complexity index is 404. The quantitative estimate of drug-likeness (QED) is 0.694. The van der Waals surface area contributed by atoms with E-state index in [1.807, 2.05) is 4.90 Å². The Balaban J connectivity index is 2.19. The first-order valence-corrected chi connectivity index (χ1v) is 6.07. The maximum Gasteiger partial charge on any atom is 0.341 e. The number of β-amino-alcohol motifs (C(OH)–C–C–N with tert-alkyl or cyclic N) is 1. The second-order valence-corrected chi connectivity index (χ2v) is 4.56. The van der Waals surface area contributed by atoms with Gasteiger partial charge in [0.25, 0.3) is 0 Å². The predicted octanol–water partition coefficient (Wildman–Crippen LogP) is -0.136. The van der Waals surface area contributed by atoms with Crippen molar-refractivity contribution in [1.82, 2.24) is 10.2 Å².